The van der Waals surface area contributed by atoms with Gasteiger partial charge in [0, 0.05) is 12.8 Å². The first kappa shape index (κ1) is 30.4. The Balaban J connectivity index is 1.92. The molecule has 0 aliphatic carbocycles. The molecule has 1 fully saturated rings. The topological polar surface area (TPSA) is 137 Å². The van der Waals surface area contributed by atoms with Gasteiger partial charge in [0.25, 0.3) is 0 Å². The van der Waals surface area contributed by atoms with Crippen LogP contribution in [0.1, 0.15) is 63.1 Å². The van der Waals surface area contributed by atoms with Crippen LogP contribution < -0.4 is 16.0 Å². The number of esters is 1. The molecule has 2 aromatic rings. The lowest BCUT2D eigenvalue weighted by atomic mass is 9.95. The van der Waals surface area contributed by atoms with Gasteiger partial charge in [-0.25, -0.2) is 4.79 Å². The van der Waals surface area contributed by atoms with Crippen LogP contribution in [0.25, 0.3) is 0 Å². The van der Waals surface area contributed by atoms with Gasteiger partial charge in [-0.15, -0.1) is 0 Å². The van der Waals surface area contributed by atoms with Crippen molar-refractivity contribution in [2.45, 2.75) is 83.5 Å². The Morgan fingerprint density at radius 1 is 0.925 bits per heavy atom. The summed E-state index contributed by atoms with van der Waals surface area (Å²) in [6.45, 7) is 5.51. The van der Waals surface area contributed by atoms with Crippen LogP contribution in [-0.2, 0) is 36.8 Å². The summed E-state index contributed by atoms with van der Waals surface area (Å²) in [5.74, 6) is -2.27. The number of carbonyl (C=O) groups is 4. The zero-order chi connectivity index (χ0) is 29.1. The van der Waals surface area contributed by atoms with Crippen molar-refractivity contribution < 1.29 is 23.9 Å². The van der Waals surface area contributed by atoms with E-state index in [0.29, 0.717) is 11.1 Å². The summed E-state index contributed by atoms with van der Waals surface area (Å²) in [6.07, 6.45) is 2.06. The van der Waals surface area contributed by atoms with Crippen LogP contribution in [-0.4, -0.2) is 47.9 Å². The number of nitrogens with one attached hydrogen (secondary N) is 3. The van der Waals surface area contributed by atoms with Crippen molar-refractivity contribution in [3.63, 3.8) is 0 Å². The largest absolute Gasteiger partial charge is 0.460 e. The molecule has 1 aliphatic heterocycles. The number of amides is 3. The summed E-state index contributed by atoms with van der Waals surface area (Å²) in [5, 5.41) is 17.4. The van der Waals surface area contributed by atoms with Crippen LogP contribution in [0.3, 0.4) is 0 Å². The van der Waals surface area contributed by atoms with E-state index in [4.69, 9.17) is 4.74 Å². The van der Waals surface area contributed by atoms with E-state index in [1.165, 1.54) is 6.92 Å². The first-order valence-electron chi connectivity index (χ1n) is 13.8. The molecule has 0 spiro atoms. The molecule has 0 aromatic heterocycles. The SMILES string of the molecule is CCCC[C@H](C)[C@H]1CC(=O)N[C@@H](Cc2cccc(C#N)c2)C(=O)N[C@@H](C)C(=O)N[C@H](Cc2ccccc2)C(=O)O1. The zero-order valence-corrected chi connectivity index (χ0v) is 23.3. The first-order chi connectivity index (χ1) is 19.2. The minimum absolute atomic E-state index is 0.119. The second-order valence-electron chi connectivity index (χ2n) is 10.4. The van der Waals surface area contributed by atoms with E-state index in [-0.39, 0.29) is 25.2 Å². The average molecular weight is 547 g/mol. The highest BCUT2D eigenvalue weighted by atomic mass is 16.5. The summed E-state index contributed by atoms with van der Waals surface area (Å²) < 4.78 is 5.92. The molecule has 3 amide bonds. The molecule has 40 heavy (non-hydrogen) atoms. The summed E-state index contributed by atoms with van der Waals surface area (Å²) in [7, 11) is 0. The van der Waals surface area contributed by atoms with Crippen LogP contribution in [0, 0.1) is 17.2 Å². The number of nitrogens with zero attached hydrogens (tertiary/aromatic N) is 1. The third-order valence-electron chi connectivity index (χ3n) is 7.09. The van der Waals surface area contributed by atoms with E-state index in [0.717, 1.165) is 24.8 Å². The summed E-state index contributed by atoms with van der Waals surface area (Å²) >= 11 is 0. The molecule has 212 valence electrons. The van der Waals surface area contributed by atoms with Gasteiger partial charge in [0.1, 0.15) is 24.2 Å². The predicted octanol–water partition coefficient (Wildman–Crippen LogP) is 2.96. The van der Waals surface area contributed by atoms with E-state index in [2.05, 4.69) is 28.9 Å². The average Bonchev–Trinajstić information content (AvgIpc) is 2.95. The molecule has 0 radical (unpaired) electrons. The Kier molecular flexibility index (Phi) is 11.2. The summed E-state index contributed by atoms with van der Waals surface area (Å²) in [4.78, 5) is 53.1. The number of benzene rings is 2. The van der Waals surface area contributed by atoms with Gasteiger partial charge in [-0.3, -0.25) is 14.4 Å². The molecule has 1 heterocycles. The Morgan fingerprint density at radius 2 is 1.62 bits per heavy atom. The third-order valence-corrected chi connectivity index (χ3v) is 7.09. The van der Waals surface area contributed by atoms with Crippen molar-refractivity contribution in [2.24, 2.45) is 5.92 Å². The third kappa shape index (κ3) is 8.94. The predicted molar refractivity (Wildman–Crippen MR) is 150 cm³/mol. The Hall–Kier alpha value is -4.19. The lowest BCUT2D eigenvalue weighted by molar-refractivity contribution is -0.157. The molecule has 0 unspecified atom stereocenters. The number of rotatable bonds is 8. The van der Waals surface area contributed by atoms with Gasteiger partial charge in [-0.1, -0.05) is 69.2 Å². The fourth-order valence-electron chi connectivity index (χ4n) is 4.67. The van der Waals surface area contributed by atoms with Crippen molar-refractivity contribution in [3.05, 3.63) is 71.3 Å². The fraction of sp³-hybridized carbons (Fsp3) is 0.452. The van der Waals surface area contributed by atoms with Gasteiger partial charge < -0.3 is 20.7 Å². The molecule has 9 heteroatoms. The number of cyclic esters (lactones) is 1. The monoisotopic (exact) mass is 546 g/mol. The van der Waals surface area contributed by atoms with E-state index < -0.39 is 47.9 Å². The molecular weight excluding hydrogens is 508 g/mol. The van der Waals surface area contributed by atoms with Crippen LogP contribution in [0.5, 0.6) is 0 Å². The molecule has 0 saturated carbocycles. The second-order valence-corrected chi connectivity index (χ2v) is 10.4. The number of nitriles is 1. The quantitative estimate of drug-likeness (QED) is 0.436. The van der Waals surface area contributed by atoms with Gasteiger partial charge in [0.05, 0.1) is 18.1 Å². The second kappa shape index (κ2) is 14.8. The standard InChI is InChI=1S/C31H38N4O5/c1-4-5-10-20(2)27-18-28(36)34-25(17-23-13-9-14-24(15-23)19-32)30(38)33-21(3)29(37)35-26(31(39)40-27)16-22-11-7-6-8-12-22/h6-9,11-15,20-21,25-27H,4-5,10,16-18H2,1-3H3,(H,33,38)(H,34,36)(H,35,37)/t20-,21-,25-,26+,27+/m0/s1. The summed E-state index contributed by atoms with van der Waals surface area (Å²) in [6, 6.07) is 15.1. The highest BCUT2D eigenvalue weighted by Gasteiger charge is 2.33. The molecule has 1 saturated heterocycles. The van der Waals surface area contributed by atoms with Crippen molar-refractivity contribution in [1.82, 2.24) is 16.0 Å². The lowest BCUT2D eigenvalue weighted by Gasteiger charge is -2.27. The molecule has 5 atom stereocenters. The smallest absolute Gasteiger partial charge is 0.329 e. The fourth-order valence-corrected chi connectivity index (χ4v) is 4.67. The maximum absolute atomic E-state index is 13.4. The van der Waals surface area contributed by atoms with Crippen molar-refractivity contribution in [3.8, 4) is 6.07 Å². The maximum atomic E-state index is 13.4. The number of ether oxygens (including phenoxy) is 1. The minimum atomic E-state index is -1.00. The van der Waals surface area contributed by atoms with Crippen molar-refractivity contribution >= 4 is 23.7 Å². The van der Waals surface area contributed by atoms with Crippen molar-refractivity contribution in [2.75, 3.05) is 0 Å². The molecule has 2 aromatic carbocycles. The Labute approximate surface area is 235 Å². The Morgan fingerprint density at radius 3 is 2.33 bits per heavy atom. The van der Waals surface area contributed by atoms with E-state index in [1.807, 2.05) is 37.3 Å². The van der Waals surface area contributed by atoms with Crippen LogP contribution in [0.2, 0.25) is 0 Å². The molecule has 3 rings (SSSR count). The van der Waals surface area contributed by atoms with Crippen LogP contribution >= 0.6 is 0 Å². The van der Waals surface area contributed by atoms with Gasteiger partial charge in [-0.05, 0) is 42.5 Å². The highest BCUT2D eigenvalue weighted by molar-refractivity contribution is 5.94. The molecule has 9 nitrogen and oxygen atoms in total. The molecular formula is C31H38N4O5. The van der Waals surface area contributed by atoms with Crippen LogP contribution in [0.15, 0.2) is 54.6 Å². The van der Waals surface area contributed by atoms with Crippen LogP contribution in [0.4, 0.5) is 0 Å². The normalized spacial score (nSPS) is 23.1. The van der Waals surface area contributed by atoms with Gasteiger partial charge in [0.15, 0.2) is 0 Å². The van der Waals surface area contributed by atoms with E-state index >= 15 is 0 Å². The minimum Gasteiger partial charge on any atom is -0.460 e. The van der Waals surface area contributed by atoms with Gasteiger partial charge in [-0.2, -0.15) is 5.26 Å². The van der Waals surface area contributed by atoms with Crippen molar-refractivity contribution in [1.29, 1.82) is 5.26 Å². The lowest BCUT2D eigenvalue weighted by Crippen LogP contribution is -2.55. The number of hydrogen-bond donors (Lipinski definition) is 3. The van der Waals surface area contributed by atoms with E-state index in [9.17, 15) is 24.4 Å². The van der Waals surface area contributed by atoms with Gasteiger partial charge >= 0.3 is 5.97 Å². The highest BCUT2D eigenvalue weighted by Crippen LogP contribution is 2.20. The molecule has 1 aliphatic rings. The van der Waals surface area contributed by atoms with Gasteiger partial charge in [0.2, 0.25) is 17.7 Å². The number of unbranched alkanes of at least 4 members (excludes halogenated alkanes) is 1. The maximum Gasteiger partial charge on any atom is 0.329 e. The molecule has 0 bridgehead atoms. The zero-order valence-electron chi connectivity index (χ0n) is 23.3. The first-order valence-corrected chi connectivity index (χ1v) is 13.8. The molecule has 3 N–H and O–H groups in total. The number of carbonyl (C=O) groups excluding carboxylic acids is 4. The number of hydrogen-bond acceptors (Lipinski definition) is 6. The van der Waals surface area contributed by atoms with E-state index in [1.54, 1.807) is 24.3 Å². The summed E-state index contributed by atoms with van der Waals surface area (Å²) in [5.41, 5.74) is 1.95. The Bertz CT molecular complexity index is 1230.